The van der Waals surface area contributed by atoms with Gasteiger partial charge in [-0.25, -0.2) is 14.6 Å². The summed E-state index contributed by atoms with van der Waals surface area (Å²) in [5, 5.41) is 4.99. The molecule has 0 aliphatic heterocycles. The monoisotopic (exact) mass is 407 g/mol. The molecular formula is C24H17N5O2. The number of rotatable bonds is 2. The van der Waals surface area contributed by atoms with E-state index in [0.29, 0.717) is 34.0 Å². The summed E-state index contributed by atoms with van der Waals surface area (Å²) in [6, 6.07) is 19.3. The van der Waals surface area contributed by atoms with E-state index < -0.39 is 0 Å². The van der Waals surface area contributed by atoms with E-state index >= 15 is 0 Å². The average Bonchev–Trinajstić information content (AvgIpc) is 3.44. The average molecular weight is 407 g/mol. The first-order chi connectivity index (χ1) is 15.1. The van der Waals surface area contributed by atoms with E-state index in [0.717, 1.165) is 22.3 Å². The van der Waals surface area contributed by atoms with Crippen molar-refractivity contribution in [1.29, 1.82) is 0 Å². The second-order valence-corrected chi connectivity index (χ2v) is 7.53. The van der Waals surface area contributed by atoms with Gasteiger partial charge in [-0.1, -0.05) is 29.8 Å². The number of imidazole rings is 1. The second kappa shape index (κ2) is 6.37. The van der Waals surface area contributed by atoms with Crippen molar-refractivity contribution in [1.82, 2.24) is 24.1 Å². The Morgan fingerprint density at radius 3 is 2.45 bits per heavy atom. The van der Waals surface area contributed by atoms with Crippen LogP contribution in [0.5, 0.6) is 0 Å². The van der Waals surface area contributed by atoms with Crippen molar-refractivity contribution in [2.75, 3.05) is 0 Å². The Labute approximate surface area is 176 Å². The number of para-hydroxylation sites is 2. The van der Waals surface area contributed by atoms with Crippen LogP contribution in [0.15, 0.2) is 76.1 Å². The van der Waals surface area contributed by atoms with Crippen LogP contribution in [0.25, 0.3) is 45.0 Å². The van der Waals surface area contributed by atoms with E-state index in [4.69, 9.17) is 14.4 Å². The van der Waals surface area contributed by atoms with Crippen molar-refractivity contribution in [2.24, 2.45) is 0 Å². The number of aromatic nitrogens is 5. The Balaban J connectivity index is 1.87. The number of aryl methyl sites for hydroxylation is 2. The maximum Gasteiger partial charge on any atom is 0.216 e. The highest BCUT2D eigenvalue weighted by Crippen LogP contribution is 2.29. The molecule has 0 saturated heterocycles. The summed E-state index contributed by atoms with van der Waals surface area (Å²) < 4.78 is 9.28. The van der Waals surface area contributed by atoms with Crippen molar-refractivity contribution in [3.63, 3.8) is 0 Å². The molecule has 0 spiro atoms. The number of hydrogen-bond acceptors (Lipinski definition) is 5. The highest BCUT2D eigenvalue weighted by Gasteiger charge is 2.22. The van der Waals surface area contributed by atoms with Gasteiger partial charge in [-0.05, 0) is 50.2 Å². The Morgan fingerprint density at radius 2 is 1.68 bits per heavy atom. The van der Waals surface area contributed by atoms with Gasteiger partial charge in [-0.2, -0.15) is 5.10 Å². The van der Waals surface area contributed by atoms with Crippen LogP contribution >= 0.6 is 0 Å². The number of furan rings is 1. The third-order valence-electron chi connectivity index (χ3n) is 5.46. The summed E-state index contributed by atoms with van der Waals surface area (Å²) in [4.78, 5) is 23.0. The van der Waals surface area contributed by atoms with E-state index in [1.54, 1.807) is 17.9 Å². The summed E-state index contributed by atoms with van der Waals surface area (Å²) in [6.45, 7) is 3.74. The Hall–Kier alpha value is -4.26. The minimum atomic E-state index is -0.183. The van der Waals surface area contributed by atoms with E-state index in [-0.39, 0.29) is 5.43 Å². The molecule has 150 valence electrons. The summed E-state index contributed by atoms with van der Waals surface area (Å²) in [5.74, 6) is 1.14. The minimum absolute atomic E-state index is 0.183. The lowest BCUT2D eigenvalue weighted by Crippen LogP contribution is -2.18. The van der Waals surface area contributed by atoms with Crippen molar-refractivity contribution in [2.45, 2.75) is 13.8 Å². The summed E-state index contributed by atoms with van der Waals surface area (Å²) in [5.41, 5.74) is 4.76. The van der Waals surface area contributed by atoms with E-state index in [2.05, 4.69) is 5.10 Å². The first-order valence-corrected chi connectivity index (χ1v) is 9.93. The van der Waals surface area contributed by atoms with Gasteiger partial charge in [0.25, 0.3) is 0 Å². The zero-order valence-electron chi connectivity index (χ0n) is 16.9. The third kappa shape index (κ3) is 2.53. The number of benzene rings is 2. The van der Waals surface area contributed by atoms with Crippen LogP contribution in [0.2, 0.25) is 0 Å². The SMILES string of the molecule is Cc1ccc(-n2nc(C)c(=O)c3c2nc(-c2ccco2)n2c4ccccc4nc32)cc1. The van der Waals surface area contributed by atoms with Crippen LogP contribution < -0.4 is 5.43 Å². The van der Waals surface area contributed by atoms with E-state index in [1.807, 2.05) is 72.0 Å². The van der Waals surface area contributed by atoms with Gasteiger partial charge in [-0.3, -0.25) is 9.20 Å². The molecular weight excluding hydrogens is 390 g/mol. The molecule has 0 radical (unpaired) electrons. The fourth-order valence-electron chi connectivity index (χ4n) is 3.93. The molecule has 2 aromatic carbocycles. The molecule has 7 heteroatoms. The van der Waals surface area contributed by atoms with Crippen LogP contribution in [0, 0.1) is 13.8 Å². The Kier molecular flexibility index (Phi) is 3.61. The molecule has 6 rings (SSSR count). The summed E-state index contributed by atoms with van der Waals surface area (Å²) >= 11 is 0. The lowest BCUT2D eigenvalue weighted by molar-refractivity contribution is 0.576. The van der Waals surface area contributed by atoms with Crippen molar-refractivity contribution in [3.05, 3.63) is 88.4 Å². The molecule has 0 fully saturated rings. The predicted molar refractivity (Wildman–Crippen MR) is 119 cm³/mol. The molecule has 0 aliphatic rings. The molecule has 31 heavy (non-hydrogen) atoms. The Morgan fingerprint density at radius 1 is 0.871 bits per heavy atom. The molecule has 0 amide bonds. The number of fused-ring (bicyclic) bond motifs is 5. The molecule has 0 unspecified atom stereocenters. The largest absolute Gasteiger partial charge is 0.461 e. The minimum Gasteiger partial charge on any atom is -0.461 e. The molecule has 7 nitrogen and oxygen atoms in total. The molecule has 0 aliphatic carbocycles. The first-order valence-electron chi connectivity index (χ1n) is 9.93. The van der Waals surface area contributed by atoms with Crippen molar-refractivity contribution < 1.29 is 4.42 Å². The molecule has 6 aromatic rings. The highest BCUT2D eigenvalue weighted by atomic mass is 16.3. The zero-order valence-corrected chi connectivity index (χ0v) is 16.9. The van der Waals surface area contributed by atoms with Gasteiger partial charge < -0.3 is 4.42 Å². The standard InChI is InChI=1S/C24H17N5O2/c1-14-9-11-16(12-10-14)29-24-20(21(30)15(2)27-29)23-25-17-6-3-4-7-18(17)28(23)22(26-24)19-8-5-13-31-19/h3-13H,1-2H3. The van der Waals surface area contributed by atoms with Crippen LogP contribution in [0.1, 0.15) is 11.3 Å². The molecule has 4 heterocycles. The fraction of sp³-hybridized carbons (Fsp3) is 0.0833. The number of hydrogen-bond donors (Lipinski definition) is 0. The van der Waals surface area contributed by atoms with E-state index in [9.17, 15) is 4.79 Å². The maximum atomic E-state index is 13.3. The van der Waals surface area contributed by atoms with Gasteiger partial charge in [0.15, 0.2) is 22.9 Å². The zero-order chi connectivity index (χ0) is 21.1. The molecule has 0 saturated carbocycles. The topological polar surface area (TPSA) is 78.2 Å². The van der Waals surface area contributed by atoms with Crippen LogP contribution in [0.3, 0.4) is 0 Å². The lowest BCUT2D eigenvalue weighted by atomic mass is 10.2. The second-order valence-electron chi connectivity index (χ2n) is 7.53. The first kappa shape index (κ1) is 17.6. The van der Waals surface area contributed by atoms with Gasteiger partial charge in [-0.15, -0.1) is 0 Å². The van der Waals surface area contributed by atoms with Gasteiger partial charge in [0, 0.05) is 0 Å². The summed E-state index contributed by atoms with van der Waals surface area (Å²) in [6.07, 6.45) is 1.60. The van der Waals surface area contributed by atoms with Crippen molar-refractivity contribution >= 4 is 27.7 Å². The Bertz CT molecular complexity index is 1660. The van der Waals surface area contributed by atoms with Crippen LogP contribution in [-0.4, -0.2) is 24.1 Å². The van der Waals surface area contributed by atoms with Gasteiger partial charge in [0.1, 0.15) is 11.1 Å². The molecule has 0 bridgehead atoms. The van der Waals surface area contributed by atoms with Crippen LogP contribution in [-0.2, 0) is 0 Å². The highest BCUT2D eigenvalue weighted by molar-refractivity contribution is 5.97. The van der Waals surface area contributed by atoms with Gasteiger partial charge in [0.05, 0.1) is 23.0 Å². The quantitative estimate of drug-likeness (QED) is 0.424. The predicted octanol–water partition coefficient (Wildman–Crippen LogP) is 4.46. The third-order valence-corrected chi connectivity index (χ3v) is 5.46. The molecule has 0 atom stereocenters. The lowest BCUT2D eigenvalue weighted by Gasteiger charge is -2.13. The van der Waals surface area contributed by atoms with Gasteiger partial charge in [0.2, 0.25) is 5.43 Å². The van der Waals surface area contributed by atoms with Crippen LogP contribution in [0.4, 0.5) is 0 Å². The fourth-order valence-corrected chi connectivity index (χ4v) is 3.93. The number of nitrogens with zero attached hydrogens (tertiary/aromatic N) is 5. The molecule has 0 N–H and O–H groups in total. The maximum absolute atomic E-state index is 13.3. The smallest absolute Gasteiger partial charge is 0.216 e. The van der Waals surface area contributed by atoms with Gasteiger partial charge >= 0.3 is 0 Å². The summed E-state index contributed by atoms with van der Waals surface area (Å²) in [7, 11) is 0. The van der Waals surface area contributed by atoms with Crippen molar-refractivity contribution in [3.8, 4) is 17.3 Å². The molecule has 4 aromatic heterocycles. The normalized spacial score (nSPS) is 11.7. The van der Waals surface area contributed by atoms with E-state index in [1.165, 1.54) is 0 Å².